The van der Waals surface area contributed by atoms with Crippen molar-refractivity contribution >= 4 is 11.6 Å². The van der Waals surface area contributed by atoms with Crippen LogP contribution in [0.4, 0.5) is 0 Å². The Hall–Kier alpha value is -0.770. The molecule has 0 unspecified atom stereocenters. The van der Waals surface area contributed by atoms with Crippen LogP contribution in [0.3, 0.4) is 0 Å². The van der Waals surface area contributed by atoms with Crippen LogP contribution in [-0.2, 0) is 0 Å². The molecule has 25 heavy (non-hydrogen) atoms. The molecule has 0 amide bonds. The van der Waals surface area contributed by atoms with Crippen LogP contribution in [0.25, 0.3) is 0 Å². The van der Waals surface area contributed by atoms with Gasteiger partial charge in [-0.3, -0.25) is 0 Å². The summed E-state index contributed by atoms with van der Waals surface area (Å²) in [5, 5.41) is 13.5. The first-order valence-corrected chi connectivity index (χ1v) is 10.1. The van der Waals surface area contributed by atoms with Crippen molar-refractivity contribution in [2.45, 2.75) is 71.9 Å². The molecule has 0 radical (unpaired) electrons. The Balaban J connectivity index is 1.87. The molecule has 1 saturated carbocycles. The lowest BCUT2D eigenvalue weighted by molar-refractivity contribution is -0.704. The van der Waals surface area contributed by atoms with Crippen LogP contribution in [-0.4, -0.2) is 30.4 Å². The van der Waals surface area contributed by atoms with Gasteiger partial charge in [0, 0.05) is 10.9 Å². The molecule has 0 aromatic heterocycles. The number of rotatable bonds is 7. The van der Waals surface area contributed by atoms with Crippen LogP contribution in [0.5, 0.6) is 5.75 Å². The normalized spacial score (nSPS) is 25.2. The van der Waals surface area contributed by atoms with E-state index in [1.54, 1.807) is 0 Å². The van der Waals surface area contributed by atoms with Crippen molar-refractivity contribution in [3.8, 4) is 5.75 Å². The standard InChI is InChI=1S/C21H34ClNO2/c1-13(2)18-10-19(22)15(4)9-21(18)25-12-17(24)11-23-20-8-6-7-14(3)16(20)5/h9-10,13-14,16-17,20,23-24H,6-8,11-12H2,1-5H3/p+1/t14-,16-,17-,20+/m0/s1. The largest absolute Gasteiger partial charge is 0.490 e. The van der Waals surface area contributed by atoms with Crippen molar-refractivity contribution in [2.24, 2.45) is 11.8 Å². The van der Waals surface area contributed by atoms with Gasteiger partial charge in [-0.2, -0.15) is 0 Å². The Morgan fingerprint density at radius 3 is 2.68 bits per heavy atom. The molecule has 142 valence electrons. The summed E-state index contributed by atoms with van der Waals surface area (Å²) in [4.78, 5) is 0. The fourth-order valence-corrected chi connectivity index (χ4v) is 3.96. The second kappa shape index (κ2) is 9.25. The molecule has 0 heterocycles. The maximum absolute atomic E-state index is 10.4. The van der Waals surface area contributed by atoms with Gasteiger partial charge < -0.3 is 15.2 Å². The van der Waals surface area contributed by atoms with Gasteiger partial charge >= 0.3 is 0 Å². The Morgan fingerprint density at radius 2 is 2.00 bits per heavy atom. The first-order valence-electron chi connectivity index (χ1n) is 9.73. The van der Waals surface area contributed by atoms with E-state index in [2.05, 4.69) is 33.0 Å². The van der Waals surface area contributed by atoms with Crippen molar-refractivity contribution < 1.29 is 15.2 Å². The van der Waals surface area contributed by atoms with Gasteiger partial charge in [0.05, 0.1) is 6.04 Å². The summed E-state index contributed by atoms with van der Waals surface area (Å²) in [5.74, 6) is 2.68. The molecule has 1 aliphatic carbocycles. The predicted octanol–water partition coefficient (Wildman–Crippen LogP) is 3.90. The molecule has 2 rings (SSSR count). The number of hydrogen-bond acceptors (Lipinski definition) is 2. The van der Waals surface area contributed by atoms with Gasteiger partial charge in [-0.05, 0) is 61.3 Å². The minimum atomic E-state index is -0.458. The fraction of sp³-hybridized carbons (Fsp3) is 0.714. The van der Waals surface area contributed by atoms with Gasteiger partial charge in [-0.15, -0.1) is 0 Å². The Labute approximate surface area is 158 Å². The molecular formula is C21H35ClNO2+. The Morgan fingerprint density at radius 1 is 1.28 bits per heavy atom. The van der Waals surface area contributed by atoms with E-state index in [0.717, 1.165) is 27.8 Å². The monoisotopic (exact) mass is 368 g/mol. The molecule has 0 aliphatic heterocycles. The molecule has 1 aromatic carbocycles. The zero-order valence-electron chi connectivity index (χ0n) is 16.4. The first-order chi connectivity index (χ1) is 11.8. The molecule has 0 spiro atoms. The van der Waals surface area contributed by atoms with Crippen LogP contribution >= 0.6 is 11.6 Å². The highest BCUT2D eigenvalue weighted by atomic mass is 35.5. The molecule has 1 aromatic rings. The lowest BCUT2D eigenvalue weighted by Crippen LogP contribution is -2.93. The van der Waals surface area contributed by atoms with E-state index in [-0.39, 0.29) is 0 Å². The van der Waals surface area contributed by atoms with E-state index < -0.39 is 6.10 Å². The van der Waals surface area contributed by atoms with E-state index in [9.17, 15) is 5.11 Å². The maximum Gasteiger partial charge on any atom is 0.137 e. The fourth-order valence-electron chi connectivity index (χ4n) is 3.79. The van der Waals surface area contributed by atoms with Crippen LogP contribution in [0.1, 0.15) is 64.0 Å². The topological polar surface area (TPSA) is 46.1 Å². The van der Waals surface area contributed by atoms with Crippen molar-refractivity contribution in [2.75, 3.05) is 13.2 Å². The molecule has 1 aliphatic rings. The average molecular weight is 369 g/mol. The van der Waals surface area contributed by atoms with Gasteiger partial charge in [0.2, 0.25) is 0 Å². The molecule has 3 N–H and O–H groups in total. The third-order valence-electron chi connectivity index (χ3n) is 5.83. The molecule has 3 nitrogen and oxygen atoms in total. The SMILES string of the molecule is Cc1cc(OC[C@@H](O)C[NH2+][C@@H]2CCC[C@H](C)[C@@H]2C)c(C(C)C)cc1Cl. The highest BCUT2D eigenvalue weighted by Gasteiger charge is 2.30. The third-order valence-corrected chi connectivity index (χ3v) is 6.23. The summed E-state index contributed by atoms with van der Waals surface area (Å²) in [6.45, 7) is 12.0. The van der Waals surface area contributed by atoms with Crippen molar-refractivity contribution in [1.82, 2.24) is 0 Å². The summed E-state index contributed by atoms with van der Waals surface area (Å²) in [6.07, 6.45) is 3.44. The number of nitrogens with two attached hydrogens (primary N) is 1. The summed E-state index contributed by atoms with van der Waals surface area (Å²) in [5.41, 5.74) is 2.11. The van der Waals surface area contributed by atoms with Crippen molar-refractivity contribution in [3.05, 3.63) is 28.3 Å². The third kappa shape index (κ3) is 5.60. The minimum Gasteiger partial charge on any atom is -0.490 e. The van der Waals surface area contributed by atoms with E-state index >= 15 is 0 Å². The molecule has 0 bridgehead atoms. The number of halogens is 1. The van der Waals surface area contributed by atoms with Crippen LogP contribution < -0.4 is 10.1 Å². The lowest BCUT2D eigenvalue weighted by atomic mass is 9.78. The molecule has 1 fully saturated rings. The predicted molar refractivity (Wildman–Crippen MR) is 105 cm³/mol. The van der Waals surface area contributed by atoms with Gasteiger partial charge in [0.15, 0.2) is 0 Å². The second-order valence-electron chi connectivity index (χ2n) is 8.16. The van der Waals surface area contributed by atoms with E-state index in [1.807, 2.05) is 19.1 Å². The minimum absolute atomic E-state index is 0.327. The Bertz CT molecular complexity index is 561. The number of aliphatic hydroxyl groups excluding tert-OH is 1. The smallest absolute Gasteiger partial charge is 0.137 e. The van der Waals surface area contributed by atoms with E-state index in [4.69, 9.17) is 16.3 Å². The zero-order valence-corrected chi connectivity index (χ0v) is 17.1. The number of aliphatic hydroxyl groups is 1. The maximum atomic E-state index is 10.4. The van der Waals surface area contributed by atoms with Gasteiger partial charge in [0.1, 0.15) is 25.0 Å². The summed E-state index contributed by atoms with van der Waals surface area (Å²) in [7, 11) is 0. The summed E-state index contributed by atoms with van der Waals surface area (Å²) in [6, 6.07) is 4.60. The van der Waals surface area contributed by atoms with Gasteiger partial charge in [-0.1, -0.05) is 39.3 Å². The first kappa shape index (κ1) is 20.5. The van der Waals surface area contributed by atoms with Crippen LogP contribution in [0.15, 0.2) is 12.1 Å². The molecular weight excluding hydrogens is 334 g/mol. The number of ether oxygens (including phenoxy) is 1. The zero-order chi connectivity index (χ0) is 18.6. The van der Waals surface area contributed by atoms with Crippen LogP contribution in [0.2, 0.25) is 5.02 Å². The lowest BCUT2D eigenvalue weighted by Gasteiger charge is -2.32. The van der Waals surface area contributed by atoms with E-state index in [0.29, 0.717) is 31.0 Å². The number of aryl methyl sites for hydroxylation is 1. The highest BCUT2D eigenvalue weighted by molar-refractivity contribution is 6.31. The summed E-state index contributed by atoms with van der Waals surface area (Å²) < 4.78 is 5.96. The number of hydrogen-bond donors (Lipinski definition) is 2. The second-order valence-corrected chi connectivity index (χ2v) is 8.57. The van der Waals surface area contributed by atoms with Crippen molar-refractivity contribution in [3.63, 3.8) is 0 Å². The molecule has 4 heteroatoms. The molecule has 0 saturated heterocycles. The van der Waals surface area contributed by atoms with Gasteiger partial charge in [-0.25, -0.2) is 0 Å². The Kier molecular flexibility index (Phi) is 7.60. The van der Waals surface area contributed by atoms with Crippen molar-refractivity contribution in [1.29, 1.82) is 0 Å². The highest BCUT2D eigenvalue weighted by Crippen LogP contribution is 2.32. The number of quaternary nitrogens is 1. The number of benzene rings is 1. The molecule has 4 atom stereocenters. The van der Waals surface area contributed by atoms with Crippen LogP contribution in [0, 0.1) is 18.8 Å². The van der Waals surface area contributed by atoms with Gasteiger partial charge in [0.25, 0.3) is 0 Å². The van der Waals surface area contributed by atoms with E-state index in [1.165, 1.54) is 19.3 Å². The quantitative estimate of drug-likeness (QED) is 0.766. The average Bonchev–Trinajstić information content (AvgIpc) is 2.56. The summed E-state index contributed by atoms with van der Waals surface area (Å²) >= 11 is 6.24.